The van der Waals surface area contributed by atoms with Crippen molar-refractivity contribution in [1.29, 1.82) is 0 Å². The number of hydrogen-bond acceptors (Lipinski definition) is 4. The number of hydrogen-bond donors (Lipinski definition) is 2. The number of aliphatic hydroxyl groups is 1. The summed E-state index contributed by atoms with van der Waals surface area (Å²) in [6.07, 6.45) is 0. The minimum absolute atomic E-state index is 0.00211. The number of anilines is 1. The van der Waals surface area contributed by atoms with Gasteiger partial charge in [0.1, 0.15) is 5.75 Å². The van der Waals surface area contributed by atoms with E-state index in [1.54, 1.807) is 18.2 Å². The number of aliphatic hydroxyl groups excluding tert-OH is 1. The van der Waals surface area contributed by atoms with Gasteiger partial charge in [0.15, 0.2) is 0 Å². The molecule has 2 N–H and O–H groups in total. The van der Waals surface area contributed by atoms with Crippen LogP contribution in [0.1, 0.15) is 0 Å². The van der Waals surface area contributed by atoms with Gasteiger partial charge < -0.3 is 19.9 Å². The molecule has 1 saturated heterocycles. The third kappa shape index (κ3) is 2.88. The summed E-state index contributed by atoms with van der Waals surface area (Å²) in [5.74, 6) is 0.0980. The smallest absolute Gasteiger partial charge is 0.387 e. The molecule has 1 aromatic carbocycles. The van der Waals surface area contributed by atoms with Crippen LogP contribution in [-0.4, -0.2) is 38.1 Å². The van der Waals surface area contributed by atoms with Crippen molar-refractivity contribution in [1.82, 2.24) is 0 Å². The van der Waals surface area contributed by atoms with Gasteiger partial charge in [-0.3, -0.25) is 0 Å². The lowest BCUT2D eigenvalue weighted by atomic mass is 9.87. The highest BCUT2D eigenvalue weighted by Crippen LogP contribution is 2.30. The van der Waals surface area contributed by atoms with Crippen molar-refractivity contribution in [3.8, 4) is 5.75 Å². The number of halogens is 2. The van der Waals surface area contributed by atoms with Gasteiger partial charge in [-0.05, 0) is 12.1 Å². The molecule has 0 spiro atoms. The number of para-hydroxylation sites is 2. The molecule has 1 aromatic rings. The van der Waals surface area contributed by atoms with Crippen molar-refractivity contribution in [2.24, 2.45) is 5.41 Å². The first-order valence-electron chi connectivity index (χ1n) is 5.61. The molecule has 1 aliphatic heterocycles. The second-order valence-corrected chi connectivity index (χ2v) is 4.38. The normalized spacial score (nSPS) is 17.3. The first kappa shape index (κ1) is 13.0. The molecule has 0 radical (unpaired) electrons. The summed E-state index contributed by atoms with van der Waals surface area (Å²) >= 11 is 0. The zero-order chi connectivity index (χ0) is 13.0. The predicted molar refractivity (Wildman–Crippen MR) is 61.9 cm³/mol. The van der Waals surface area contributed by atoms with Gasteiger partial charge in [0.2, 0.25) is 0 Å². The average Bonchev–Trinajstić information content (AvgIpc) is 2.29. The summed E-state index contributed by atoms with van der Waals surface area (Å²) in [4.78, 5) is 0. The summed E-state index contributed by atoms with van der Waals surface area (Å²) in [6.45, 7) is -1.47. The molecular formula is C12H15F2NO3. The maximum absolute atomic E-state index is 12.2. The maximum atomic E-state index is 12.2. The topological polar surface area (TPSA) is 50.7 Å². The molecule has 1 fully saturated rings. The van der Waals surface area contributed by atoms with Gasteiger partial charge in [0.05, 0.1) is 30.9 Å². The van der Waals surface area contributed by atoms with Crippen LogP contribution in [0, 0.1) is 5.41 Å². The van der Waals surface area contributed by atoms with E-state index in [0.717, 1.165) is 0 Å². The molecule has 0 aliphatic carbocycles. The van der Waals surface area contributed by atoms with Crippen LogP contribution in [0.15, 0.2) is 24.3 Å². The van der Waals surface area contributed by atoms with Crippen molar-refractivity contribution in [3.63, 3.8) is 0 Å². The Balaban J connectivity index is 2.00. The van der Waals surface area contributed by atoms with E-state index < -0.39 is 6.61 Å². The van der Waals surface area contributed by atoms with E-state index in [2.05, 4.69) is 10.1 Å². The van der Waals surface area contributed by atoms with Gasteiger partial charge in [0.25, 0.3) is 0 Å². The third-order valence-corrected chi connectivity index (χ3v) is 2.91. The largest absolute Gasteiger partial charge is 0.433 e. The van der Waals surface area contributed by atoms with Crippen LogP contribution in [0.5, 0.6) is 5.75 Å². The number of benzene rings is 1. The van der Waals surface area contributed by atoms with Crippen LogP contribution in [0.3, 0.4) is 0 Å². The molecule has 2 rings (SSSR count). The highest BCUT2D eigenvalue weighted by atomic mass is 19.3. The maximum Gasteiger partial charge on any atom is 0.387 e. The standard InChI is InChI=1S/C12H15F2NO3/c13-11(14)18-10-4-2-1-3-9(10)15-5-12(6-16)7-17-8-12/h1-4,11,15-16H,5-8H2. The van der Waals surface area contributed by atoms with Gasteiger partial charge in [-0.25, -0.2) is 0 Å². The van der Waals surface area contributed by atoms with E-state index in [1.165, 1.54) is 6.07 Å². The summed E-state index contributed by atoms with van der Waals surface area (Å²) in [5, 5.41) is 12.3. The first-order valence-corrected chi connectivity index (χ1v) is 5.61. The Bertz CT molecular complexity index is 391. The monoisotopic (exact) mass is 259 g/mol. The molecule has 18 heavy (non-hydrogen) atoms. The lowest BCUT2D eigenvalue weighted by molar-refractivity contribution is -0.128. The average molecular weight is 259 g/mol. The lowest BCUT2D eigenvalue weighted by Crippen LogP contribution is -2.50. The van der Waals surface area contributed by atoms with E-state index in [0.29, 0.717) is 25.4 Å². The summed E-state index contributed by atoms with van der Waals surface area (Å²) in [6, 6.07) is 6.47. The van der Waals surface area contributed by atoms with Gasteiger partial charge in [-0.2, -0.15) is 8.78 Å². The van der Waals surface area contributed by atoms with Crippen molar-refractivity contribution in [3.05, 3.63) is 24.3 Å². The van der Waals surface area contributed by atoms with Crippen LogP contribution in [-0.2, 0) is 4.74 Å². The predicted octanol–water partition coefficient (Wildman–Crippen LogP) is 1.71. The number of nitrogens with one attached hydrogen (secondary N) is 1. The zero-order valence-corrected chi connectivity index (χ0v) is 9.73. The van der Waals surface area contributed by atoms with E-state index in [4.69, 9.17) is 4.74 Å². The van der Waals surface area contributed by atoms with Crippen LogP contribution >= 0.6 is 0 Å². The SMILES string of the molecule is OCC1(CNc2ccccc2OC(F)F)COC1. The van der Waals surface area contributed by atoms with Crippen molar-refractivity contribution in [2.45, 2.75) is 6.61 Å². The Hall–Kier alpha value is -1.40. The minimum Gasteiger partial charge on any atom is -0.433 e. The fourth-order valence-electron chi connectivity index (χ4n) is 1.73. The Labute approximate surface area is 104 Å². The molecule has 0 bridgehead atoms. The van der Waals surface area contributed by atoms with E-state index >= 15 is 0 Å². The van der Waals surface area contributed by atoms with Crippen LogP contribution in [0.2, 0.25) is 0 Å². The molecule has 0 atom stereocenters. The third-order valence-electron chi connectivity index (χ3n) is 2.91. The zero-order valence-electron chi connectivity index (χ0n) is 9.73. The molecule has 1 aliphatic rings. The van der Waals surface area contributed by atoms with Gasteiger partial charge in [0, 0.05) is 6.54 Å². The molecule has 6 heteroatoms. The molecular weight excluding hydrogens is 244 g/mol. The van der Waals surface area contributed by atoms with Gasteiger partial charge in [-0.15, -0.1) is 0 Å². The fraction of sp³-hybridized carbons (Fsp3) is 0.500. The second kappa shape index (κ2) is 5.49. The van der Waals surface area contributed by atoms with Gasteiger partial charge in [-0.1, -0.05) is 12.1 Å². The molecule has 0 aromatic heterocycles. The van der Waals surface area contributed by atoms with Crippen molar-refractivity contribution >= 4 is 5.69 Å². The van der Waals surface area contributed by atoms with Crippen molar-refractivity contribution in [2.75, 3.05) is 31.7 Å². The molecule has 4 nitrogen and oxygen atoms in total. The van der Waals surface area contributed by atoms with Crippen molar-refractivity contribution < 1.29 is 23.4 Å². The summed E-state index contributed by atoms with van der Waals surface area (Å²) < 4.78 is 33.9. The number of ether oxygens (including phenoxy) is 2. The Morgan fingerprint density at radius 3 is 2.67 bits per heavy atom. The highest BCUT2D eigenvalue weighted by molar-refractivity contribution is 5.56. The van der Waals surface area contributed by atoms with Crippen LogP contribution < -0.4 is 10.1 Å². The molecule has 100 valence electrons. The lowest BCUT2D eigenvalue weighted by Gasteiger charge is -2.40. The second-order valence-electron chi connectivity index (χ2n) is 4.38. The van der Waals surface area contributed by atoms with E-state index in [-0.39, 0.29) is 17.8 Å². The quantitative estimate of drug-likeness (QED) is 0.816. The van der Waals surface area contributed by atoms with Crippen LogP contribution in [0.4, 0.5) is 14.5 Å². The van der Waals surface area contributed by atoms with E-state index in [9.17, 15) is 13.9 Å². The number of alkyl halides is 2. The van der Waals surface area contributed by atoms with Gasteiger partial charge >= 0.3 is 6.61 Å². The summed E-state index contributed by atoms with van der Waals surface area (Å²) in [5.41, 5.74) is 0.162. The Kier molecular flexibility index (Phi) is 3.98. The summed E-state index contributed by atoms with van der Waals surface area (Å²) in [7, 11) is 0. The molecule has 0 saturated carbocycles. The Morgan fingerprint density at radius 2 is 2.11 bits per heavy atom. The minimum atomic E-state index is -2.85. The molecule has 0 unspecified atom stereocenters. The highest BCUT2D eigenvalue weighted by Gasteiger charge is 2.37. The fourth-order valence-corrected chi connectivity index (χ4v) is 1.73. The first-order chi connectivity index (χ1) is 8.65. The van der Waals surface area contributed by atoms with E-state index in [1.807, 2.05) is 0 Å². The molecule has 1 heterocycles. The van der Waals surface area contributed by atoms with Crippen LogP contribution in [0.25, 0.3) is 0 Å². The molecule has 0 amide bonds. The number of rotatable bonds is 6. The Morgan fingerprint density at radius 1 is 1.39 bits per heavy atom.